The fourth-order valence-corrected chi connectivity index (χ4v) is 2.61. The smallest absolute Gasteiger partial charge is 0.127 e. The molecule has 2 heterocycles. The van der Waals surface area contributed by atoms with E-state index in [0.29, 0.717) is 0 Å². The fourth-order valence-electron chi connectivity index (χ4n) is 1.70. The molecule has 3 nitrogen and oxygen atoms in total. The van der Waals surface area contributed by atoms with Crippen molar-refractivity contribution in [3.8, 4) is 0 Å². The van der Waals surface area contributed by atoms with Gasteiger partial charge in [0.25, 0.3) is 0 Å². The van der Waals surface area contributed by atoms with Crippen LogP contribution in [0.5, 0.6) is 0 Å². The first kappa shape index (κ1) is 11.9. The van der Waals surface area contributed by atoms with Crippen LogP contribution in [0.3, 0.4) is 0 Å². The minimum atomic E-state index is 0.883. The van der Waals surface area contributed by atoms with Gasteiger partial charge in [-0.1, -0.05) is 6.92 Å². The largest absolute Gasteiger partial charge is 0.380 e. The van der Waals surface area contributed by atoms with Crippen molar-refractivity contribution in [2.24, 2.45) is 0 Å². The molecule has 17 heavy (non-hydrogen) atoms. The van der Waals surface area contributed by atoms with Crippen molar-refractivity contribution in [3.05, 3.63) is 40.2 Å². The highest BCUT2D eigenvalue weighted by molar-refractivity contribution is 7.10. The number of nitrogens with one attached hydrogen (secondary N) is 2. The zero-order valence-corrected chi connectivity index (χ0v) is 11.0. The molecule has 2 rings (SSSR count). The molecule has 0 radical (unpaired) electrons. The lowest BCUT2D eigenvalue weighted by Crippen LogP contribution is -2.01. The number of hydrogen-bond acceptors (Lipinski definition) is 4. The van der Waals surface area contributed by atoms with Crippen molar-refractivity contribution in [2.45, 2.75) is 19.9 Å². The van der Waals surface area contributed by atoms with Gasteiger partial charge in [-0.3, -0.25) is 0 Å². The maximum Gasteiger partial charge on any atom is 0.127 e. The normalized spacial score (nSPS) is 10.2. The maximum absolute atomic E-state index is 4.19. The molecule has 0 unspecified atom stereocenters. The molecule has 90 valence electrons. The number of aryl methyl sites for hydroxylation is 1. The van der Waals surface area contributed by atoms with Crippen molar-refractivity contribution < 1.29 is 0 Å². The number of hydrogen-bond donors (Lipinski definition) is 2. The highest BCUT2D eigenvalue weighted by atomic mass is 32.1. The molecular formula is C13H17N3S. The second kappa shape index (κ2) is 5.68. The quantitative estimate of drug-likeness (QED) is 0.850. The van der Waals surface area contributed by atoms with Gasteiger partial charge < -0.3 is 10.6 Å². The standard InChI is InChI=1S/C13H17N3S/c1-3-10-5-7-17-12(10)9-16-11-4-6-15-13(8-11)14-2/h4-8H,3,9H2,1-2H3,(H2,14,15,16). The molecule has 0 saturated carbocycles. The number of rotatable bonds is 5. The molecule has 0 amide bonds. The second-order valence-corrected chi connectivity index (χ2v) is 4.76. The average molecular weight is 247 g/mol. The molecule has 4 heteroatoms. The van der Waals surface area contributed by atoms with Crippen LogP contribution in [0.15, 0.2) is 29.8 Å². The van der Waals surface area contributed by atoms with E-state index < -0.39 is 0 Å². The predicted molar refractivity (Wildman–Crippen MR) is 74.8 cm³/mol. The van der Waals surface area contributed by atoms with Gasteiger partial charge in [0.05, 0.1) is 0 Å². The van der Waals surface area contributed by atoms with Gasteiger partial charge in [0.2, 0.25) is 0 Å². The van der Waals surface area contributed by atoms with Crippen LogP contribution in [0.2, 0.25) is 0 Å². The first-order chi connectivity index (χ1) is 8.33. The van der Waals surface area contributed by atoms with Crippen LogP contribution in [0.4, 0.5) is 11.5 Å². The molecule has 0 aliphatic heterocycles. The van der Waals surface area contributed by atoms with E-state index in [1.807, 2.05) is 36.7 Å². The third-order valence-corrected chi connectivity index (χ3v) is 3.65. The Morgan fingerprint density at radius 3 is 3.00 bits per heavy atom. The topological polar surface area (TPSA) is 37.0 Å². The van der Waals surface area contributed by atoms with Crippen molar-refractivity contribution >= 4 is 22.8 Å². The van der Waals surface area contributed by atoms with Crippen LogP contribution < -0.4 is 10.6 Å². The van der Waals surface area contributed by atoms with Crippen molar-refractivity contribution in [2.75, 3.05) is 17.7 Å². The summed E-state index contributed by atoms with van der Waals surface area (Å²) in [6.45, 7) is 3.07. The molecule has 2 aromatic heterocycles. The van der Waals surface area contributed by atoms with Crippen molar-refractivity contribution in [1.82, 2.24) is 4.98 Å². The van der Waals surface area contributed by atoms with Crippen LogP contribution in [-0.2, 0) is 13.0 Å². The Kier molecular flexibility index (Phi) is 3.98. The summed E-state index contributed by atoms with van der Waals surface area (Å²) in [7, 11) is 1.88. The zero-order valence-electron chi connectivity index (χ0n) is 10.2. The van der Waals surface area contributed by atoms with Gasteiger partial charge in [0.1, 0.15) is 5.82 Å². The molecule has 0 saturated heterocycles. The number of pyridine rings is 1. The van der Waals surface area contributed by atoms with Crippen LogP contribution >= 0.6 is 11.3 Å². The summed E-state index contributed by atoms with van der Waals surface area (Å²) in [5, 5.41) is 8.62. The Labute approximate surface area is 106 Å². The highest BCUT2D eigenvalue weighted by Crippen LogP contribution is 2.19. The molecule has 2 N–H and O–H groups in total. The average Bonchev–Trinajstić information content (AvgIpc) is 2.84. The molecule has 0 aliphatic rings. The molecule has 0 fully saturated rings. The van der Waals surface area contributed by atoms with E-state index in [4.69, 9.17) is 0 Å². The van der Waals surface area contributed by atoms with Crippen molar-refractivity contribution in [3.63, 3.8) is 0 Å². The molecular weight excluding hydrogens is 230 g/mol. The molecule has 0 atom stereocenters. The Bertz CT molecular complexity index is 479. The maximum atomic E-state index is 4.19. The fraction of sp³-hybridized carbons (Fsp3) is 0.308. The van der Waals surface area contributed by atoms with E-state index in [-0.39, 0.29) is 0 Å². The molecule has 0 spiro atoms. The lowest BCUT2D eigenvalue weighted by Gasteiger charge is -2.07. The van der Waals surface area contributed by atoms with Crippen LogP contribution in [0.1, 0.15) is 17.4 Å². The van der Waals surface area contributed by atoms with E-state index in [2.05, 4.69) is 34.0 Å². The van der Waals surface area contributed by atoms with Gasteiger partial charge in [-0.2, -0.15) is 0 Å². The summed E-state index contributed by atoms with van der Waals surface area (Å²) in [5.41, 5.74) is 2.53. The summed E-state index contributed by atoms with van der Waals surface area (Å²) in [6, 6.07) is 6.20. The summed E-state index contributed by atoms with van der Waals surface area (Å²) in [5.74, 6) is 0.886. The third kappa shape index (κ3) is 2.97. The number of anilines is 2. The van der Waals surface area contributed by atoms with Gasteiger partial charge in [-0.05, 0) is 29.5 Å². The van der Waals surface area contributed by atoms with Crippen LogP contribution in [-0.4, -0.2) is 12.0 Å². The molecule has 0 aromatic carbocycles. The van der Waals surface area contributed by atoms with Gasteiger partial charge in [0.15, 0.2) is 0 Å². The molecule has 0 aliphatic carbocycles. The Morgan fingerprint density at radius 2 is 2.24 bits per heavy atom. The Hall–Kier alpha value is -1.55. The third-order valence-electron chi connectivity index (χ3n) is 2.69. The van der Waals surface area contributed by atoms with Gasteiger partial charge in [-0.15, -0.1) is 11.3 Å². The number of thiophene rings is 1. The summed E-state index contributed by atoms with van der Waals surface area (Å²) in [6.07, 6.45) is 2.90. The molecule has 0 bridgehead atoms. The zero-order chi connectivity index (χ0) is 12.1. The Morgan fingerprint density at radius 1 is 1.35 bits per heavy atom. The SMILES string of the molecule is CCc1ccsc1CNc1ccnc(NC)c1. The Balaban J connectivity index is 2.02. The lowest BCUT2D eigenvalue weighted by atomic mass is 10.2. The van der Waals surface area contributed by atoms with Crippen molar-refractivity contribution in [1.29, 1.82) is 0 Å². The van der Waals surface area contributed by atoms with Gasteiger partial charge in [0, 0.05) is 36.4 Å². The van der Waals surface area contributed by atoms with Crippen LogP contribution in [0.25, 0.3) is 0 Å². The summed E-state index contributed by atoms with van der Waals surface area (Å²) >= 11 is 1.81. The summed E-state index contributed by atoms with van der Waals surface area (Å²) < 4.78 is 0. The van der Waals surface area contributed by atoms with Gasteiger partial charge in [-0.25, -0.2) is 4.98 Å². The van der Waals surface area contributed by atoms with E-state index in [1.165, 1.54) is 10.4 Å². The van der Waals surface area contributed by atoms with Crippen LogP contribution in [0, 0.1) is 0 Å². The number of aromatic nitrogens is 1. The first-order valence-electron chi connectivity index (χ1n) is 5.76. The molecule has 2 aromatic rings. The van der Waals surface area contributed by atoms with E-state index in [0.717, 1.165) is 24.5 Å². The minimum Gasteiger partial charge on any atom is -0.380 e. The predicted octanol–water partition coefficient (Wildman–Crippen LogP) is 3.36. The number of nitrogens with zero attached hydrogens (tertiary/aromatic N) is 1. The second-order valence-electron chi connectivity index (χ2n) is 3.76. The van der Waals surface area contributed by atoms with E-state index >= 15 is 0 Å². The lowest BCUT2D eigenvalue weighted by molar-refractivity contribution is 1.08. The minimum absolute atomic E-state index is 0.883. The van der Waals surface area contributed by atoms with Gasteiger partial charge >= 0.3 is 0 Å². The first-order valence-corrected chi connectivity index (χ1v) is 6.64. The summed E-state index contributed by atoms with van der Waals surface area (Å²) in [4.78, 5) is 5.60. The van der Waals surface area contributed by atoms with E-state index in [1.54, 1.807) is 0 Å². The highest BCUT2D eigenvalue weighted by Gasteiger charge is 2.02. The van der Waals surface area contributed by atoms with E-state index in [9.17, 15) is 0 Å². The monoisotopic (exact) mass is 247 g/mol.